The molecule has 2 aromatic rings. The molecular formula is C19H25NO4S. The number of benzene rings is 2. The SMILES string of the molecule is C[N+]1(C)Cc2ccccc2CC1CO.Cc1ccc(S(=O)(=O)[O-])cc1. The molecule has 0 radical (unpaired) electrons. The van der Waals surface area contributed by atoms with E-state index < -0.39 is 10.1 Å². The lowest BCUT2D eigenvalue weighted by molar-refractivity contribution is -0.930. The van der Waals surface area contributed by atoms with Crippen LogP contribution in [0.3, 0.4) is 0 Å². The zero-order valence-corrected chi connectivity index (χ0v) is 15.7. The molecule has 0 amide bonds. The highest BCUT2D eigenvalue weighted by Crippen LogP contribution is 2.26. The van der Waals surface area contributed by atoms with Crippen molar-refractivity contribution >= 4 is 10.1 Å². The first-order valence-electron chi connectivity index (χ1n) is 8.16. The summed E-state index contributed by atoms with van der Waals surface area (Å²) in [6.07, 6.45) is 1.000. The van der Waals surface area contributed by atoms with E-state index >= 15 is 0 Å². The maximum Gasteiger partial charge on any atom is 0.124 e. The van der Waals surface area contributed by atoms with Crippen LogP contribution < -0.4 is 0 Å². The minimum atomic E-state index is -4.27. The zero-order valence-electron chi connectivity index (χ0n) is 14.8. The smallest absolute Gasteiger partial charge is 0.124 e. The summed E-state index contributed by atoms with van der Waals surface area (Å²) in [4.78, 5) is -0.178. The summed E-state index contributed by atoms with van der Waals surface area (Å²) in [5, 5.41) is 9.34. The van der Waals surface area contributed by atoms with E-state index in [9.17, 15) is 18.1 Å². The Labute approximate surface area is 149 Å². The second kappa shape index (κ2) is 7.66. The van der Waals surface area contributed by atoms with Gasteiger partial charge in [-0.05, 0) is 24.6 Å². The minimum Gasteiger partial charge on any atom is -0.744 e. The molecule has 2 aromatic carbocycles. The third kappa shape index (κ3) is 5.12. The lowest BCUT2D eigenvalue weighted by Crippen LogP contribution is -2.53. The number of aliphatic hydroxyl groups excluding tert-OH is 1. The van der Waals surface area contributed by atoms with Crippen molar-refractivity contribution in [2.24, 2.45) is 0 Å². The molecule has 25 heavy (non-hydrogen) atoms. The van der Waals surface area contributed by atoms with E-state index in [1.807, 2.05) is 6.92 Å². The molecule has 0 saturated heterocycles. The van der Waals surface area contributed by atoms with E-state index in [0.29, 0.717) is 6.04 Å². The molecule has 1 N–H and O–H groups in total. The maximum absolute atomic E-state index is 10.4. The van der Waals surface area contributed by atoms with Crippen molar-refractivity contribution in [2.75, 3.05) is 20.7 Å². The summed E-state index contributed by atoms with van der Waals surface area (Å²) in [5.74, 6) is 0. The highest BCUT2D eigenvalue weighted by molar-refractivity contribution is 7.85. The van der Waals surface area contributed by atoms with E-state index in [0.717, 1.165) is 23.0 Å². The first-order chi connectivity index (χ1) is 11.6. The van der Waals surface area contributed by atoms with Crippen LogP contribution in [-0.2, 0) is 23.1 Å². The Bertz CT molecular complexity index is 814. The number of rotatable bonds is 2. The molecule has 1 aliphatic rings. The normalized spacial score (nSPS) is 18.7. The highest BCUT2D eigenvalue weighted by Gasteiger charge is 2.33. The number of fused-ring (bicyclic) bond motifs is 1. The second-order valence-corrected chi connectivity index (χ2v) is 8.39. The quantitative estimate of drug-likeness (QED) is 0.655. The first-order valence-corrected chi connectivity index (χ1v) is 9.57. The summed E-state index contributed by atoms with van der Waals surface area (Å²) in [5.41, 5.74) is 3.77. The van der Waals surface area contributed by atoms with Gasteiger partial charge in [-0.3, -0.25) is 0 Å². The van der Waals surface area contributed by atoms with Gasteiger partial charge in [0.05, 0.1) is 25.6 Å². The summed E-state index contributed by atoms with van der Waals surface area (Å²) in [7, 11) is 0.113. The van der Waals surface area contributed by atoms with Crippen LogP contribution in [0.1, 0.15) is 16.7 Å². The van der Waals surface area contributed by atoms with Gasteiger partial charge in [0, 0.05) is 12.0 Å². The van der Waals surface area contributed by atoms with Gasteiger partial charge < -0.3 is 14.1 Å². The molecule has 6 heteroatoms. The molecule has 0 aliphatic carbocycles. The third-order valence-corrected chi connectivity index (χ3v) is 5.51. The van der Waals surface area contributed by atoms with Crippen LogP contribution in [0.5, 0.6) is 0 Å². The molecule has 3 rings (SSSR count). The van der Waals surface area contributed by atoms with Gasteiger partial charge >= 0.3 is 0 Å². The van der Waals surface area contributed by atoms with Gasteiger partial charge in [-0.15, -0.1) is 0 Å². The zero-order chi connectivity index (χ0) is 18.7. The Hall–Kier alpha value is -1.73. The van der Waals surface area contributed by atoms with Gasteiger partial charge in [-0.1, -0.05) is 42.0 Å². The molecular weight excluding hydrogens is 338 g/mol. The van der Waals surface area contributed by atoms with E-state index in [-0.39, 0.29) is 11.5 Å². The van der Waals surface area contributed by atoms with Crippen molar-refractivity contribution in [3.05, 3.63) is 65.2 Å². The molecule has 5 nitrogen and oxygen atoms in total. The number of aliphatic hydroxyl groups is 1. The largest absolute Gasteiger partial charge is 0.744 e. The number of nitrogens with zero attached hydrogens (tertiary/aromatic N) is 1. The summed E-state index contributed by atoms with van der Waals surface area (Å²) in [6.45, 7) is 3.13. The number of likely N-dealkylation sites (N-methyl/N-ethyl adjacent to an activating group) is 1. The fraction of sp³-hybridized carbons (Fsp3) is 0.368. The molecule has 0 aromatic heterocycles. The Balaban J connectivity index is 0.000000186. The maximum atomic E-state index is 10.4. The lowest BCUT2D eigenvalue weighted by Gasteiger charge is -2.41. The van der Waals surface area contributed by atoms with Crippen LogP contribution in [0.4, 0.5) is 0 Å². The van der Waals surface area contributed by atoms with Gasteiger partial charge in [0.15, 0.2) is 0 Å². The van der Waals surface area contributed by atoms with Gasteiger partial charge in [-0.2, -0.15) is 0 Å². The number of hydrogen-bond acceptors (Lipinski definition) is 4. The molecule has 1 atom stereocenters. The molecule has 0 bridgehead atoms. The van der Waals surface area contributed by atoms with Gasteiger partial charge in [0.1, 0.15) is 22.7 Å². The van der Waals surface area contributed by atoms with Crippen LogP contribution in [0, 0.1) is 6.92 Å². The molecule has 0 saturated carbocycles. The van der Waals surface area contributed by atoms with Crippen molar-refractivity contribution in [2.45, 2.75) is 30.8 Å². The summed E-state index contributed by atoms with van der Waals surface area (Å²) in [6, 6.07) is 14.7. The van der Waals surface area contributed by atoms with Gasteiger partial charge in [0.25, 0.3) is 0 Å². The van der Waals surface area contributed by atoms with Crippen LogP contribution in [-0.4, -0.2) is 49.3 Å². The highest BCUT2D eigenvalue weighted by atomic mass is 32.2. The fourth-order valence-electron chi connectivity index (χ4n) is 2.97. The van der Waals surface area contributed by atoms with E-state index in [1.165, 1.54) is 23.3 Å². The van der Waals surface area contributed by atoms with E-state index in [2.05, 4.69) is 38.4 Å². The Morgan fingerprint density at radius 3 is 2.16 bits per heavy atom. The van der Waals surface area contributed by atoms with Crippen molar-refractivity contribution in [1.82, 2.24) is 0 Å². The fourth-order valence-corrected chi connectivity index (χ4v) is 3.44. The number of hydrogen-bond donors (Lipinski definition) is 1. The Kier molecular flexibility index (Phi) is 6.00. The van der Waals surface area contributed by atoms with Crippen LogP contribution in [0.15, 0.2) is 53.4 Å². The molecule has 136 valence electrons. The average Bonchev–Trinajstić information content (AvgIpc) is 2.53. The van der Waals surface area contributed by atoms with E-state index in [1.54, 1.807) is 12.1 Å². The summed E-state index contributed by atoms with van der Waals surface area (Å²) < 4.78 is 32.1. The predicted octanol–water partition coefficient (Wildman–Crippen LogP) is 2.08. The molecule has 1 aliphatic heterocycles. The molecule has 1 heterocycles. The van der Waals surface area contributed by atoms with Gasteiger partial charge in [-0.25, -0.2) is 8.42 Å². The Morgan fingerprint density at radius 1 is 1.08 bits per heavy atom. The minimum absolute atomic E-state index is 0.178. The van der Waals surface area contributed by atoms with Crippen molar-refractivity contribution in [3.8, 4) is 0 Å². The monoisotopic (exact) mass is 363 g/mol. The predicted molar refractivity (Wildman–Crippen MR) is 96.0 cm³/mol. The topological polar surface area (TPSA) is 77.4 Å². The third-order valence-electron chi connectivity index (χ3n) is 4.66. The second-order valence-electron chi connectivity index (χ2n) is 7.01. The average molecular weight is 363 g/mol. The van der Waals surface area contributed by atoms with Gasteiger partial charge in [0.2, 0.25) is 0 Å². The van der Waals surface area contributed by atoms with Crippen molar-refractivity contribution in [1.29, 1.82) is 0 Å². The summed E-state index contributed by atoms with van der Waals surface area (Å²) >= 11 is 0. The molecule has 1 unspecified atom stereocenters. The number of aryl methyl sites for hydroxylation is 1. The molecule has 0 fully saturated rings. The Morgan fingerprint density at radius 2 is 1.64 bits per heavy atom. The van der Waals surface area contributed by atoms with Crippen LogP contribution in [0.25, 0.3) is 0 Å². The van der Waals surface area contributed by atoms with Crippen LogP contribution >= 0.6 is 0 Å². The van der Waals surface area contributed by atoms with E-state index in [4.69, 9.17) is 0 Å². The van der Waals surface area contributed by atoms with Crippen molar-refractivity contribution < 1.29 is 22.6 Å². The lowest BCUT2D eigenvalue weighted by atomic mass is 9.93. The van der Waals surface area contributed by atoms with Crippen molar-refractivity contribution in [3.63, 3.8) is 0 Å². The standard InChI is InChI=1S/C12H18NO.C7H8O3S/c1-13(2)8-11-6-4-3-5-10(11)7-12(13)9-14;1-6-2-4-7(5-3-6)11(8,9)10/h3-6,12,14H,7-9H2,1-2H3;2-5H,1H3,(H,8,9,10)/q+1;/p-1. The number of quaternary nitrogens is 1. The molecule has 0 spiro atoms. The first kappa shape index (κ1) is 19.6. The van der Waals surface area contributed by atoms with Crippen LogP contribution in [0.2, 0.25) is 0 Å².